The molecule has 0 amide bonds. The predicted octanol–water partition coefficient (Wildman–Crippen LogP) is 3.81. The number of benzene rings is 1. The van der Waals surface area contributed by atoms with Crippen molar-refractivity contribution in [2.75, 3.05) is 19.6 Å². The highest BCUT2D eigenvalue weighted by Gasteiger charge is 2.01. The molecule has 19 heavy (non-hydrogen) atoms. The van der Waals surface area contributed by atoms with Crippen LogP contribution in [0.5, 0.6) is 0 Å². The summed E-state index contributed by atoms with van der Waals surface area (Å²) in [6.07, 6.45) is 3.91. The fourth-order valence-corrected chi connectivity index (χ4v) is 2.20. The largest absolute Gasteiger partial charge is 0.313 e. The normalized spacial score (nSPS) is 11.2. The maximum Gasteiger partial charge on any atom is 0.0233 e. The average Bonchev–Trinajstić information content (AvgIpc) is 2.46. The van der Waals surface area contributed by atoms with Crippen LogP contribution in [0.25, 0.3) is 0 Å². The summed E-state index contributed by atoms with van der Waals surface area (Å²) in [5.74, 6) is 0. The molecule has 0 spiro atoms. The molecule has 0 radical (unpaired) electrons. The molecule has 1 aromatic carbocycles. The van der Waals surface area contributed by atoms with Gasteiger partial charge >= 0.3 is 0 Å². The van der Waals surface area contributed by atoms with Gasteiger partial charge in [-0.15, -0.1) is 0 Å². The Morgan fingerprint density at radius 1 is 0.895 bits per heavy atom. The zero-order valence-corrected chi connectivity index (χ0v) is 12.9. The molecular formula is C17H30N2. The van der Waals surface area contributed by atoms with Crippen molar-refractivity contribution < 1.29 is 0 Å². The third kappa shape index (κ3) is 6.74. The zero-order valence-electron chi connectivity index (χ0n) is 12.9. The molecule has 0 aliphatic rings. The minimum atomic E-state index is 0.995. The van der Waals surface area contributed by atoms with E-state index in [2.05, 4.69) is 55.3 Å². The lowest BCUT2D eigenvalue weighted by atomic mass is 10.1. The summed E-state index contributed by atoms with van der Waals surface area (Å²) < 4.78 is 0. The van der Waals surface area contributed by atoms with Crippen molar-refractivity contribution in [3.8, 4) is 0 Å². The minimum Gasteiger partial charge on any atom is -0.313 e. The molecule has 108 valence electrons. The fourth-order valence-electron chi connectivity index (χ4n) is 2.20. The van der Waals surface area contributed by atoms with E-state index in [0.717, 1.165) is 32.7 Å². The van der Waals surface area contributed by atoms with E-state index in [1.807, 2.05) is 0 Å². The number of nitrogens with one attached hydrogen (secondary N) is 1. The lowest BCUT2D eigenvalue weighted by Gasteiger charge is -2.18. The van der Waals surface area contributed by atoms with Gasteiger partial charge in [0.05, 0.1) is 0 Å². The SMILES string of the molecule is CCCCCNCc1ccc(CN(CC)CC)cc1. The molecule has 1 N–H and O–H groups in total. The van der Waals surface area contributed by atoms with Crippen LogP contribution in [0.3, 0.4) is 0 Å². The first-order chi connectivity index (χ1) is 9.30. The van der Waals surface area contributed by atoms with Crippen LogP contribution in [0.1, 0.15) is 51.2 Å². The lowest BCUT2D eigenvalue weighted by Crippen LogP contribution is -2.22. The van der Waals surface area contributed by atoms with Crippen LogP contribution in [0.15, 0.2) is 24.3 Å². The minimum absolute atomic E-state index is 0.995. The van der Waals surface area contributed by atoms with Gasteiger partial charge in [-0.05, 0) is 37.2 Å². The summed E-state index contributed by atoms with van der Waals surface area (Å²) in [5.41, 5.74) is 2.80. The van der Waals surface area contributed by atoms with E-state index in [0.29, 0.717) is 0 Å². The molecule has 0 bridgehead atoms. The standard InChI is InChI=1S/C17H30N2/c1-4-7-8-13-18-14-16-9-11-17(12-10-16)15-19(5-2)6-3/h9-12,18H,4-8,13-15H2,1-3H3. The number of rotatable bonds is 10. The Bertz CT molecular complexity index is 315. The van der Waals surface area contributed by atoms with E-state index in [4.69, 9.17) is 0 Å². The predicted molar refractivity (Wildman–Crippen MR) is 84.3 cm³/mol. The quantitative estimate of drug-likeness (QED) is 0.645. The Labute approximate surface area is 119 Å². The molecule has 1 aromatic rings. The number of unbranched alkanes of at least 4 members (excludes halogenated alkanes) is 2. The van der Waals surface area contributed by atoms with E-state index in [1.54, 1.807) is 0 Å². The first kappa shape index (κ1) is 16.2. The number of hydrogen-bond acceptors (Lipinski definition) is 2. The molecule has 2 heteroatoms. The van der Waals surface area contributed by atoms with Gasteiger partial charge < -0.3 is 5.32 Å². The monoisotopic (exact) mass is 262 g/mol. The van der Waals surface area contributed by atoms with Crippen LogP contribution in [0.2, 0.25) is 0 Å². The molecule has 0 fully saturated rings. The molecule has 0 atom stereocenters. The van der Waals surface area contributed by atoms with Gasteiger partial charge in [-0.2, -0.15) is 0 Å². The van der Waals surface area contributed by atoms with Crippen molar-refractivity contribution in [2.24, 2.45) is 0 Å². The van der Waals surface area contributed by atoms with E-state index in [1.165, 1.54) is 30.4 Å². The Balaban J connectivity index is 2.30. The molecule has 2 nitrogen and oxygen atoms in total. The van der Waals surface area contributed by atoms with Crippen molar-refractivity contribution in [1.29, 1.82) is 0 Å². The number of hydrogen-bond donors (Lipinski definition) is 1. The Morgan fingerprint density at radius 3 is 2.11 bits per heavy atom. The first-order valence-corrected chi connectivity index (χ1v) is 7.81. The van der Waals surface area contributed by atoms with Gasteiger partial charge in [0.15, 0.2) is 0 Å². The highest BCUT2D eigenvalue weighted by molar-refractivity contribution is 5.22. The van der Waals surface area contributed by atoms with Gasteiger partial charge in [0, 0.05) is 13.1 Å². The Kier molecular flexibility index (Phi) is 8.52. The molecule has 0 aromatic heterocycles. The molecule has 0 unspecified atom stereocenters. The van der Waals surface area contributed by atoms with Crippen LogP contribution >= 0.6 is 0 Å². The van der Waals surface area contributed by atoms with Crippen molar-refractivity contribution in [3.63, 3.8) is 0 Å². The van der Waals surface area contributed by atoms with Crippen molar-refractivity contribution in [3.05, 3.63) is 35.4 Å². The van der Waals surface area contributed by atoms with Crippen molar-refractivity contribution >= 4 is 0 Å². The van der Waals surface area contributed by atoms with Crippen LogP contribution in [-0.2, 0) is 13.1 Å². The van der Waals surface area contributed by atoms with Gasteiger partial charge in [0.2, 0.25) is 0 Å². The third-order valence-electron chi connectivity index (χ3n) is 3.61. The average molecular weight is 262 g/mol. The maximum atomic E-state index is 3.51. The summed E-state index contributed by atoms with van der Waals surface area (Å²) >= 11 is 0. The third-order valence-corrected chi connectivity index (χ3v) is 3.61. The van der Waals surface area contributed by atoms with E-state index in [9.17, 15) is 0 Å². The molecule has 0 saturated carbocycles. The second-order valence-corrected chi connectivity index (χ2v) is 5.16. The summed E-state index contributed by atoms with van der Waals surface area (Å²) in [6, 6.07) is 9.04. The first-order valence-electron chi connectivity index (χ1n) is 7.81. The lowest BCUT2D eigenvalue weighted by molar-refractivity contribution is 0.296. The zero-order chi connectivity index (χ0) is 13.9. The van der Waals surface area contributed by atoms with E-state index in [-0.39, 0.29) is 0 Å². The van der Waals surface area contributed by atoms with Gasteiger partial charge in [0.1, 0.15) is 0 Å². The molecule has 0 heterocycles. The Morgan fingerprint density at radius 2 is 1.53 bits per heavy atom. The van der Waals surface area contributed by atoms with Crippen LogP contribution in [0.4, 0.5) is 0 Å². The van der Waals surface area contributed by atoms with Gasteiger partial charge in [-0.3, -0.25) is 4.90 Å². The highest BCUT2D eigenvalue weighted by Crippen LogP contribution is 2.07. The number of nitrogens with zero attached hydrogens (tertiary/aromatic N) is 1. The smallest absolute Gasteiger partial charge is 0.0233 e. The fraction of sp³-hybridized carbons (Fsp3) is 0.647. The van der Waals surface area contributed by atoms with Gasteiger partial charge in [0.25, 0.3) is 0 Å². The molecular weight excluding hydrogens is 232 g/mol. The molecule has 0 aliphatic heterocycles. The van der Waals surface area contributed by atoms with Crippen LogP contribution in [0, 0.1) is 0 Å². The van der Waals surface area contributed by atoms with E-state index < -0.39 is 0 Å². The molecule has 0 saturated heterocycles. The summed E-state index contributed by atoms with van der Waals surface area (Å²) in [7, 11) is 0. The second-order valence-electron chi connectivity index (χ2n) is 5.16. The summed E-state index contributed by atoms with van der Waals surface area (Å²) in [6.45, 7) is 12.1. The van der Waals surface area contributed by atoms with Gasteiger partial charge in [-0.25, -0.2) is 0 Å². The van der Waals surface area contributed by atoms with Crippen LogP contribution in [-0.4, -0.2) is 24.5 Å². The van der Waals surface area contributed by atoms with E-state index >= 15 is 0 Å². The van der Waals surface area contributed by atoms with Gasteiger partial charge in [-0.1, -0.05) is 57.9 Å². The molecule has 0 aliphatic carbocycles. The topological polar surface area (TPSA) is 15.3 Å². The molecule has 1 rings (SSSR count). The van der Waals surface area contributed by atoms with Crippen molar-refractivity contribution in [2.45, 2.75) is 53.1 Å². The highest BCUT2D eigenvalue weighted by atomic mass is 15.1. The summed E-state index contributed by atoms with van der Waals surface area (Å²) in [4.78, 5) is 2.44. The van der Waals surface area contributed by atoms with Crippen molar-refractivity contribution in [1.82, 2.24) is 10.2 Å². The maximum absolute atomic E-state index is 3.51. The summed E-state index contributed by atoms with van der Waals surface area (Å²) in [5, 5.41) is 3.51. The van der Waals surface area contributed by atoms with Crippen LogP contribution < -0.4 is 5.32 Å². The Hall–Kier alpha value is -0.860. The second kappa shape index (κ2) is 9.99.